The Morgan fingerprint density at radius 2 is 2.57 bits per heavy atom. The molecule has 2 rings (SSSR count). The normalized spacial score (nSPS) is 24.0. The second kappa shape index (κ2) is 4.11. The summed E-state index contributed by atoms with van der Waals surface area (Å²) in [5.41, 5.74) is 1.12. The van der Waals surface area contributed by atoms with Crippen LogP contribution in [0.15, 0.2) is 10.7 Å². The van der Waals surface area contributed by atoms with Gasteiger partial charge >= 0.3 is 0 Å². The molecule has 0 radical (unpaired) electrons. The maximum atomic E-state index is 9.50. The first-order valence-electron chi connectivity index (χ1n) is 5.06. The van der Waals surface area contributed by atoms with E-state index >= 15 is 0 Å². The molecule has 0 saturated carbocycles. The Bertz CT molecular complexity index is 298. The molecule has 0 aliphatic carbocycles. The number of likely N-dealkylation sites (tertiary alicyclic amines) is 1. The summed E-state index contributed by atoms with van der Waals surface area (Å²) in [7, 11) is 0. The molecule has 0 bridgehead atoms. The zero-order chi connectivity index (χ0) is 9.97. The summed E-state index contributed by atoms with van der Waals surface area (Å²) in [5, 5.41) is 13.2. The maximum absolute atomic E-state index is 9.50. The van der Waals surface area contributed by atoms with Gasteiger partial charge in [0.2, 0.25) is 0 Å². The number of aryl methyl sites for hydroxylation is 1. The van der Waals surface area contributed by atoms with Gasteiger partial charge in [-0.15, -0.1) is 0 Å². The number of β-amino-alcohol motifs (C(OH)–C–C–N with tert-alkyl or cyclic N) is 1. The highest BCUT2D eigenvalue weighted by Gasteiger charge is 2.18. The Morgan fingerprint density at radius 1 is 1.71 bits per heavy atom. The van der Waals surface area contributed by atoms with Crippen molar-refractivity contribution < 1.29 is 9.63 Å². The van der Waals surface area contributed by atoms with Crippen LogP contribution in [0.25, 0.3) is 0 Å². The summed E-state index contributed by atoms with van der Waals surface area (Å²) in [4.78, 5) is 2.24. The number of piperidine rings is 1. The molecule has 1 aliphatic rings. The van der Waals surface area contributed by atoms with Crippen molar-refractivity contribution in [3.8, 4) is 0 Å². The SMILES string of the molecule is Cc1oncc1CN1CCCC(O)C1. The number of nitrogens with zero attached hydrogens (tertiary/aromatic N) is 2. The molecular formula is C10H16N2O2. The largest absolute Gasteiger partial charge is 0.392 e. The minimum atomic E-state index is -0.163. The van der Waals surface area contributed by atoms with Crippen molar-refractivity contribution in [2.75, 3.05) is 13.1 Å². The Labute approximate surface area is 83.5 Å². The van der Waals surface area contributed by atoms with Crippen molar-refractivity contribution in [3.63, 3.8) is 0 Å². The van der Waals surface area contributed by atoms with E-state index in [0.29, 0.717) is 0 Å². The summed E-state index contributed by atoms with van der Waals surface area (Å²) in [6, 6.07) is 0. The van der Waals surface area contributed by atoms with E-state index in [1.54, 1.807) is 6.20 Å². The van der Waals surface area contributed by atoms with Crippen molar-refractivity contribution in [2.45, 2.75) is 32.4 Å². The molecule has 4 heteroatoms. The minimum Gasteiger partial charge on any atom is -0.392 e. The molecule has 4 nitrogen and oxygen atoms in total. The topological polar surface area (TPSA) is 49.5 Å². The van der Waals surface area contributed by atoms with E-state index in [2.05, 4.69) is 10.1 Å². The monoisotopic (exact) mass is 196 g/mol. The van der Waals surface area contributed by atoms with Gasteiger partial charge in [0.25, 0.3) is 0 Å². The van der Waals surface area contributed by atoms with Gasteiger partial charge < -0.3 is 9.63 Å². The van der Waals surface area contributed by atoms with Gasteiger partial charge in [0.15, 0.2) is 0 Å². The standard InChI is InChI=1S/C10H16N2O2/c1-8-9(5-11-14-8)6-12-4-2-3-10(13)7-12/h5,10,13H,2-4,6-7H2,1H3. The second-order valence-corrected chi connectivity index (χ2v) is 3.94. The molecule has 0 aromatic carbocycles. The lowest BCUT2D eigenvalue weighted by Crippen LogP contribution is -2.37. The van der Waals surface area contributed by atoms with Gasteiger partial charge in [0, 0.05) is 18.7 Å². The first kappa shape index (κ1) is 9.68. The Kier molecular flexibility index (Phi) is 2.84. The predicted octanol–water partition coefficient (Wildman–Crippen LogP) is 0.940. The molecule has 0 spiro atoms. The number of aliphatic hydroxyl groups excluding tert-OH is 1. The second-order valence-electron chi connectivity index (χ2n) is 3.94. The summed E-state index contributed by atoms with van der Waals surface area (Å²) < 4.78 is 4.99. The van der Waals surface area contributed by atoms with Gasteiger partial charge in [-0.25, -0.2) is 0 Å². The Hall–Kier alpha value is -0.870. The van der Waals surface area contributed by atoms with Gasteiger partial charge in [-0.3, -0.25) is 4.90 Å². The highest BCUT2D eigenvalue weighted by atomic mass is 16.5. The van der Waals surface area contributed by atoms with Crippen molar-refractivity contribution in [2.24, 2.45) is 0 Å². The molecule has 1 N–H and O–H groups in total. The van der Waals surface area contributed by atoms with Crippen LogP contribution in [0.3, 0.4) is 0 Å². The van der Waals surface area contributed by atoms with Crippen LogP contribution in [-0.4, -0.2) is 34.4 Å². The van der Waals surface area contributed by atoms with E-state index in [1.165, 1.54) is 0 Å². The Morgan fingerprint density at radius 3 is 3.21 bits per heavy atom. The Balaban J connectivity index is 1.94. The molecule has 1 saturated heterocycles. The summed E-state index contributed by atoms with van der Waals surface area (Å²) in [5.74, 6) is 0.880. The van der Waals surface area contributed by atoms with Crippen molar-refractivity contribution in [3.05, 3.63) is 17.5 Å². The van der Waals surface area contributed by atoms with Gasteiger partial charge in [-0.05, 0) is 26.3 Å². The van der Waals surface area contributed by atoms with Crippen molar-refractivity contribution in [1.29, 1.82) is 0 Å². The number of hydrogen-bond acceptors (Lipinski definition) is 4. The number of aliphatic hydroxyl groups is 1. The van der Waals surface area contributed by atoms with E-state index in [-0.39, 0.29) is 6.10 Å². The molecule has 1 unspecified atom stereocenters. The van der Waals surface area contributed by atoms with Crippen LogP contribution in [0.1, 0.15) is 24.2 Å². The predicted molar refractivity (Wildman–Crippen MR) is 51.8 cm³/mol. The zero-order valence-corrected chi connectivity index (χ0v) is 8.44. The third-order valence-corrected chi connectivity index (χ3v) is 2.72. The zero-order valence-electron chi connectivity index (χ0n) is 8.44. The average Bonchev–Trinajstić information content (AvgIpc) is 2.52. The maximum Gasteiger partial charge on any atom is 0.138 e. The molecular weight excluding hydrogens is 180 g/mol. The fraction of sp³-hybridized carbons (Fsp3) is 0.700. The van der Waals surface area contributed by atoms with Gasteiger partial charge in [0.1, 0.15) is 5.76 Å². The van der Waals surface area contributed by atoms with Crippen molar-refractivity contribution >= 4 is 0 Å². The fourth-order valence-electron chi connectivity index (χ4n) is 1.89. The highest BCUT2D eigenvalue weighted by Crippen LogP contribution is 2.15. The smallest absolute Gasteiger partial charge is 0.138 e. The lowest BCUT2D eigenvalue weighted by molar-refractivity contribution is 0.0666. The van der Waals surface area contributed by atoms with E-state index < -0.39 is 0 Å². The van der Waals surface area contributed by atoms with E-state index in [9.17, 15) is 5.11 Å². The first-order chi connectivity index (χ1) is 6.75. The molecule has 1 aromatic heterocycles. The molecule has 1 fully saturated rings. The molecule has 14 heavy (non-hydrogen) atoms. The fourth-order valence-corrected chi connectivity index (χ4v) is 1.89. The molecule has 1 atom stereocenters. The third kappa shape index (κ3) is 2.13. The number of aromatic nitrogens is 1. The van der Waals surface area contributed by atoms with Gasteiger partial charge in [-0.2, -0.15) is 0 Å². The van der Waals surface area contributed by atoms with Crippen molar-refractivity contribution in [1.82, 2.24) is 10.1 Å². The third-order valence-electron chi connectivity index (χ3n) is 2.72. The average molecular weight is 196 g/mol. The molecule has 1 aliphatic heterocycles. The lowest BCUT2D eigenvalue weighted by atomic mass is 10.1. The minimum absolute atomic E-state index is 0.163. The van der Waals surface area contributed by atoms with Crippen LogP contribution < -0.4 is 0 Å². The summed E-state index contributed by atoms with van der Waals surface area (Å²) in [6.07, 6.45) is 3.60. The van der Waals surface area contributed by atoms with E-state index in [1.807, 2.05) is 6.92 Å². The van der Waals surface area contributed by atoms with Gasteiger partial charge in [0.05, 0.1) is 12.3 Å². The van der Waals surface area contributed by atoms with Crippen LogP contribution in [0, 0.1) is 6.92 Å². The van der Waals surface area contributed by atoms with E-state index in [0.717, 1.165) is 43.8 Å². The molecule has 1 aromatic rings. The van der Waals surface area contributed by atoms with Crippen LogP contribution in [0.5, 0.6) is 0 Å². The van der Waals surface area contributed by atoms with Crippen LogP contribution in [0.2, 0.25) is 0 Å². The van der Waals surface area contributed by atoms with Crippen LogP contribution >= 0.6 is 0 Å². The lowest BCUT2D eigenvalue weighted by Gasteiger charge is -2.29. The number of rotatable bonds is 2. The first-order valence-corrected chi connectivity index (χ1v) is 5.06. The van der Waals surface area contributed by atoms with E-state index in [4.69, 9.17) is 4.52 Å². The number of hydrogen-bond donors (Lipinski definition) is 1. The van der Waals surface area contributed by atoms with Crippen LogP contribution in [0.4, 0.5) is 0 Å². The molecule has 78 valence electrons. The van der Waals surface area contributed by atoms with Gasteiger partial charge in [-0.1, -0.05) is 5.16 Å². The summed E-state index contributed by atoms with van der Waals surface area (Å²) >= 11 is 0. The molecule has 0 amide bonds. The molecule has 2 heterocycles. The summed E-state index contributed by atoms with van der Waals surface area (Å²) in [6.45, 7) is 4.58. The highest BCUT2D eigenvalue weighted by molar-refractivity contribution is 5.11. The quantitative estimate of drug-likeness (QED) is 0.764. The van der Waals surface area contributed by atoms with Crippen LogP contribution in [-0.2, 0) is 6.54 Å².